The molecule has 1 fully saturated rings. The Labute approximate surface area is 177 Å². The third kappa shape index (κ3) is 3.42. The number of hydrogen-bond donors (Lipinski definition) is 1. The molecule has 1 aliphatic heterocycles. The summed E-state index contributed by atoms with van der Waals surface area (Å²) >= 11 is 6.01. The highest BCUT2D eigenvalue weighted by molar-refractivity contribution is 6.30. The van der Waals surface area contributed by atoms with Crippen LogP contribution in [0.1, 0.15) is 28.4 Å². The van der Waals surface area contributed by atoms with Crippen molar-refractivity contribution in [1.82, 2.24) is 24.3 Å². The average Bonchev–Trinajstić information content (AvgIpc) is 3.10. The molecular formula is C21H22ClN5O3. The van der Waals surface area contributed by atoms with Crippen LogP contribution < -0.4 is 16.6 Å². The van der Waals surface area contributed by atoms with Gasteiger partial charge in [0, 0.05) is 31.9 Å². The normalized spacial score (nSPS) is 19.3. The molecule has 9 heteroatoms. The monoisotopic (exact) mass is 427 g/mol. The van der Waals surface area contributed by atoms with Crippen LogP contribution in [-0.2, 0) is 14.1 Å². The first-order chi connectivity index (χ1) is 14.3. The van der Waals surface area contributed by atoms with E-state index in [2.05, 4.69) is 15.2 Å². The maximum atomic E-state index is 13.0. The van der Waals surface area contributed by atoms with Gasteiger partial charge in [0.15, 0.2) is 0 Å². The number of aryl methyl sites for hydroxylation is 1. The van der Waals surface area contributed by atoms with Gasteiger partial charge in [-0.05, 0) is 37.2 Å². The molecule has 1 aliphatic rings. The van der Waals surface area contributed by atoms with E-state index in [4.69, 9.17) is 11.6 Å². The summed E-state index contributed by atoms with van der Waals surface area (Å²) in [6, 6.07) is 9.04. The van der Waals surface area contributed by atoms with E-state index in [-0.39, 0.29) is 34.6 Å². The molecule has 0 unspecified atom stereocenters. The second-order valence-electron chi connectivity index (χ2n) is 7.65. The summed E-state index contributed by atoms with van der Waals surface area (Å²) in [7, 11) is 4.97. The lowest BCUT2D eigenvalue weighted by Crippen LogP contribution is -2.39. The predicted octanol–water partition coefficient (Wildman–Crippen LogP) is 1.46. The quantitative estimate of drug-likeness (QED) is 0.683. The van der Waals surface area contributed by atoms with E-state index in [0.717, 1.165) is 23.1 Å². The minimum Gasteiger partial charge on any atom is -0.347 e. The molecule has 1 saturated heterocycles. The first-order valence-corrected chi connectivity index (χ1v) is 9.98. The molecule has 8 nitrogen and oxygen atoms in total. The Kier molecular flexibility index (Phi) is 5.21. The molecule has 1 aromatic carbocycles. The third-order valence-corrected chi connectivity index (χ3v) is 5.98. The van der Waals surface area contributed by atoms with E-state index in [0.29, 0.717) is 5.02 Å². The van der Waals surface area contributed by atoms with Crippen LogP contribution in [0.2, 0.25) is 5.02 Å². The van der Waals surface area contributed by atoms with Gasteiger partial charge in [0.1, 0.15) is 5.65 Å². The highest BCUT2D eigenvalue weighted by atomic mass is 35.5. The van der Waals surface area contributed by atoms with E-state index >= 15 is 0 Å². The van der Waals surface area contributed by atoms with Gasteiger partial charge in [0.2, 0.25) is 0 Å². The molecule has 0 saturated carbocycles. The number of carbonyl (C=O) groups excluding carboxylic acids is 1. The molecule has 1 N–H and O–H groups in total. The van der Waals surface area contributed by atoms with Crippen LogP contribution in [0, 0.1) is 0 Å². The highest BCUT2D eigenvalue weighted by Gasteiger charge is 2.34. The fraction of sp³-hybridized carbons (Fsp3) is 0.333. The number of pyridine rings is 1. The maximum Gasteiger partial charge on any atom is 0.332 e. The van der Waals surface area contributed by atoms with Crippen molar-refractivity contribution < 1.29 is 4.79 Å². The van der Waals surface area contributed by atoms with Gasteiger partial charge in [-0.25, -0.2) is 9.78 Å². The molecule has 0 spiro atoms. The lowest BCUT2D eigenvalue weighted by atomic mass is 10.00. The lowest BCUT2D eigenvalue weighted by molar-refractivity contribution is 0.0927. The Bertz CT molecular complexity index is 1250. The summed E-state index contributed by atoms with van der Waals surface area (Å²) in [6.45, 7) is 0.844. The molecular weight excluding hydrogens is 406 g/mol. The standard InChI is InChI=1S/C21H22ClN5O3/c1-25-9-8-16(17(25)12-4-6-14(22)7-5-12)24-19(28)13-10-15-18(23-11-13)26(2)21(30)27(3)20(15)29/h4-7,10-11,16-17H,8-9H2,1-3H3,(H,24,28)/t16-,17+/m0/s1. The van der Waals surface area contributed by atoms with Crippen LogP contribution in [0.3, 0.4) is 0 Å². The number of aromatic nitrogens is 3. The van der Waals surface area contributed by atoms with Crippen LogP contribution in [0.25, 0.3) is 11.0 Å². The number of nitrogens with zero attached hydrogens (tertiary/aromatic N) is 4. The zero-order valence-electron chi connectivity index (χ0n) is 16.9. The van der Waals surface area contributed by atoms with Gasteiger partial charge in [0.25, 0.3) is 11.5 Å². The van der Waals surface area contributed by atoms with Crippen molar-refractivity contribution in [2.45, 2.75) is 18.5 Å². The van der Waals surface area contributed by atoms with Gasteiger partial charge in [0.05, 0.1) is 23.0 Å². The van der Waals surface area contributed by atoms with E-state index in [1.165, 1.54) is 23.9 Å². The van der Waals surface area contributed by atoms with Gasteiger partial charge in [-0.3, -0.25) is 23.6 Å². The van der Waals surface area contributed by atoms with Crippen LogP contribution in [0.15, 0.2) is 46.1 Å². The summed E-state index contributed by atoms with van der Waals surface area (Å²) in [5.41, 5.74) is 0.666. The summed E-state index contributed by atoms with van der Waals surface area (Å²) in [5.74, 6) is -0.306. The Morgan fingerprint density at radius 3 is 2.53 bits per heavy atom. The summed E-state index contributed by atoms with van der Waals surface area (Å²) in [6.07, 6.45) is 2.19. The largest absolute Gasteiger partial charge is 0.347 e. The molecule has 0 bridgehead atoms. The minimum atomic E-state index is -0.477. The topological polar surface area (TPSA) is 89.2 Å². The Morgan fingerprint density at radius 1 is 1.13 bits per heavy atom. The number of likely N-dealkylation sites (tertiary alicyclic amines) is 1. The maximum absolute atomic E-state index is 13.0. The van der Waals surface area contributed by atoms with Gasteiger partial charge < -0.3 is 5.32 Å². The number of nitrogens with one attached hydrogen (secondary N) is 1. The highest BCUT2D eigenvalue weighted by Crippen LogP contribution is 2.31. The molecule has 0 aliphatic carbocycles. The fourth-order valence-corrected chi connectivity index (χ4v) is 4.21. The first kappa shape index (κ1) is 20.3. The second-order valence-corrected chi connectivity index (χ2v) is 8.08. The van der Waals surface area contributed by atoms with Crippen LogP contribution in [0.5, 0.6) is 0 Å². The molecule has 2 atom stereocenters. The van der Waals surface area contributed by atoms with Crippen LogP contribution >= 0.6 is 11.6 Å². The third-order valence-electron chi connectivity index (χ3n) is 5.73. The number of amides is 1. The number of halogens is 1. The van der Waals surface area contributed by atoms with Crippen molar-refractivity contribution in [1.29, 1.82) is 0 Å². The smallest absolute Gasteiger partial charge is 0.332 e. The van der Waals surface area contributed by atoms with Crippen molar-refractivity contribution >= 4 is 28.5 Å². The Morgan fingerprint density at radius 2 is 1.83 bits per heavy atom. The average molecular weight is 428 g/mol. The fourth-order valence-electron chi connectivity index (χ4n) is 4.09. The number of likely N-dealkylation sites (N-methyl/N-ethyl adjacent to an activating group) is 1. The number of rotatable bonds is 3. The number of hydrogen-bond acceptors (Lipinski definition) is 5. The van der Waals surface area contributed by atoms with Gasteiger partial charge >= 0.3 is 5.69 Å². The van der Waals surface area contributed by atoms with Crippen molar-refractivity contribution in [3.8, 4) is 0 Å². The summed E-state index contributed by atoms with van der Waals surface area (Å²) < 4.78 is 2.30. The molecule has 0 radical (unpaired) electrons. The molecule has 30 heavy (non-hydrogen) atoms. The zero-order chi connectivity index (χ0) is 21.6. The van der Waals surface area contributed by atoms with E-state index < -0.39 is 11.2 Å². The number of fused-ring (bicyclic) bond motifs is 1. The SMILES string of the molecule is CN1CC[C@H](NC(=O)c2cnc3c(c2)c(=O)n(C)c(=O)n3C)[C@H]1c1ccc(Cl)cc1. The van der Waals surface area contributed by atoms with Crippen molar-refractivity contribution in [2.75, 3.05) is 13.6 Å². The summed E-state index contributed by atoms with van der Waals surface area (Å²) in [5, 5.41) is 3.97. The Balaban J connectivity index is 1.65. The van der Waals surface area contributed by atoms with Crippen molar-refractivity contribution in [2.24, 2.45) is 14.1 Å². The van der Waals surface area contributed by atoms with Crippen LogP contribution in [0.4, 0.5) is 0 Å². The molecule has 2 aromatic heterocycles. The lowest BCUT2D eigenvalue weighted by Gasteiger charge is -2.26. The Hall–Kier alpha value is -2.97. The van der Waals surface area contributed by atoms with Gasteiger partial charge in [-0.1, -0.05) is 23.7 Å². The predicted molar refractivity (Wildman–Crippen MR) is 115 cm³/mol. The molecule has 156 valence electrons. The summed E-state index contributed by atoms with van der Waals surface area (Å²) in [4.78, 5) is 43.9. The van der Waals surface area contributed by atoms with Crippen molar-refractivity contribution in [3.63, 3.8) is 0 Å². The number of benzene rings is 1. The van der Waals surface area contributed by atoms with Gasteiger partial charge in [-0.15, -0.1) is 0 Å². The number of carbonyl (C=O) groups is 1. The second kappa shape index (κ2) is 7.70. The molecule has 3 heterocycles. The van der Waals surface area contributed by atoms with E-state index in [1.54, 1.807) is 7.05 Å². The zero-order valence-corrected chi connectivity index (χ0v) is 17.7. The van der Waals surface area contributed by atoms with Gasteiger partial charge in [-0.2, -0.15) is 0 Å². The van der Waals surface area contributed by atoms with Crippen molar-refractivity contribution in [3.05, 3.63) is 73.5 Å². The minimum absolute atomic E-state index is 0.0216. The van der Waals surface area contributed by atoms with E-state index in [9.17, 15) is 14.4 Å². The molecule has 3 aromatic rings. The first-order valence-electron chi connectivity index (χ1n) is 9.60. The molecule has 1 amide bonds. The van der Waals surface area contributed by atoms with E-state index in [1.807, 2.05) is 31.3 Å². The van der Waals surface area contributed by atoms with Crippen LogP contribution in [-0.4, -0.2) is 44.6 Å². The molecule has 4 rings (SSSR count).